The number of hydrogen-bond donors (Lipinski definition) is 3. The summed E-state index contributed by atoms with van der Waals surface area (Å²) < 4.78 is 5.28. The van der Waals surface area contributed by atoms with Gasteiger partial charge < -0.3 is 15.6 Å². The van der Waals surface area contributed by atoms with E-state index in [9.17, 15) is 9.90 Å². The van der Waals surface area contributed by atoms with Crippen LogP contribution in [0, 0.1) is 11.4 Å². The van der Waals surface area contributed by atoms with Crippen molar-refractivity contribution in [1.29, 1.82) is 5.53 Å². The molecule has 1 heterocycles. The number of aliphatic hydroxyl groups is 1. The Hall–Kier alpha value is -1.31. The summed E-state index contributed by atoms with van der Waals surface area (Å²) in [5.41, 5.74) is 12.0. The highest BCUT2D eigenvalue weighted by molar-refractivity contribution is 5.75. The maximum atomic E-state index is 11.4. The van der Waals surface area contributed by atoms with E-state index in [4.69, 9.17) is 16.0 Å². The Kier molecular flexibility index (Phi) is 4.53. The lowest BCUT2D eigenvalue weighted by Crippen LogP contribution is -2.38. The van der Waals surface area contributed by atoms with E-state index in [1.807, 2.05) is 0 Å². The van der Waals surface area contributed by atoms with Crippen LogP contribution in [-0.2, 0) is 4.74 Å². The highest BCUT2D eigenvalue weighted by Crippen LogP contribution is 2.24. The smallest absolute Gasteiger partial charge is 0.367 e. The van der Waals surface area contributed by atoms with Crippen LogP contribution in [0.3, 0.4) is 0 Å². The number of nitrogens with two attached hydrogens (primary N) is 1. The molecule has 0 saturated carbocycles. The zero-order valence-electron chi connectivity index (χ0n) is 9.04. The molecule has 0 aromatic heterocycles. The maximum Gasteiger partial charge on any atom is 0.367 e. The molecule has 1 fully saturated rings. The minimum absolute atomic E-state index is 0.171. The molecule has 0 spiro atoms. The van der Waals surface area contributed by atoms with Crippen LogP contribution in [0.25, 0.3) is 0 Å². The first kappa shape index (κ1) is 12.8. The minimum Gasteiger partial charge on any atom is -0.390 e. The van der Waals surface area contributed by atoms with Gasteiger partial charge in [-0.15, -0.1) is 0 Å². The van der Waals surface area contributed by atoms with Crippen molar-refractivity contribution in [3.8, 4) is 0 Å². The van der Waals surface area contributed by atoms with Crippen LogP contribution in [-0.4, -0.2) is 41.5 Å². The molecule has 7 heteroatoms. The zero-order valence-corrected chi connectivity index (χ0v) is 9.04. The number of ether oxygens (including phenoxy) is 1. The molecule has 0 bridgehead atoms. The second-order valence-corrected chi connectivity index (χ2v) is 3.57. The van der Waals surface area contributed by atoms with Crippen LogP contribution in [0.4, 0.5) is 4.79 Å². The third-order valence-corrected chi connectivity index (χ3v) is 2.49. The van der Waals surface area contributed by atoms with Crippen LogP contribution in [0.1, 0.15) is 6.92 Å². The second kappa shape index (κ2) is 5.69. The predicted molar refractivity (Wildman–Crippen MR) is 55.5 cm³/mol. The van der Waals surface area contributed by atoms with Crippen LogP contribution in [0.15, 0.2) is 17.4 Å². The van der Waals surface area contributed by atoms with Crippen LogP contribution >= 0.6 is 0 Å². The summed E-state index contributed by atoms with van der Waals surface area (Å²) in [6.45, 7) is 2.21. The lowest BCUT2D eigenvalue weighted by atomic mass is 10.1. The maximum absolute atomic E-state index is 11.4. The van der Waals surface area contributed by atoms with Crippen molar-refractivity contribution >= 4 is 6.03 Å². The molecule has 1 aliphatic heterocycles. The monoisotopic (exact) mass is 228 g/mol. The fourth-order valence-corrected chi connectivity index (χ4v) is 1.51. The molecule has 1 aliphatic rings. The third kappa shape index (κ3) is 2.63. The van der Waals surface area contributed by atoms with Gasteiger partial charge in [-0.2, -0.15) is 5.53 Å². The Balaban J connectivity index is 2.80. The number of rotatable bonds is 3. The van der Waals surface area contributed by atoms with E-state index in [-0.39, 0.29) is 19.1 Å². The standard InChI is InChI=1S/C9H16N4O3/c1-6-7(14)5-16-8(6)13(4-2-3-10)9(15)12-11/h2,4,6-8,11,14H,3,5,10H2,1H3/b4-2-,12-11?/t6?,7-,8?/m0/s1. The normalized spacial score (nSPS) is 29.6. The highest BCUT2D eigenvalue weighted by Gasteiger charge is 2.38. The van der Waals surface area contributed by atoms with E-state index in [1.54, 1.807) is 13.0 Å². The average molecular weight is 228 g/mol. The van der Waals surface area contributed by atoms with Crippen molar-refractivity contribution < 1.29 is 14.6 Å². The summed E-state index contributed by atoms with van der Waals surface area (Å²) >= 11 is 0. The fraction of sp³-hybridized carbons (Fsp3) is 0.667. The second-order valence-electron chi connectivity index (χ2n) is 3.57. The SMILES string of the molecule is CC1C(N(/C=C\CN)C(=O)N=N)OC[C@@H]1O. The van der Waals surface area contributed by atoms with Crippen molar-refractivity contribution in [1.82, 2.24) is 4.90 Å². The first-order valence-corrected chi connectivity index (χ1v) is 4.98. The van der Waals surface area contributed by atoms with Gasteiger partial charge in [0.2, 0.25) is 0 Å². The van der Waals surface area contributed by atoms with Crippen molar-refractivity contribution in [2.75, 3.05) is 13.2 Å². The third-order valence-electron chi connectivity index (χ3n) is 2.49. The molecular weight excluding hydrogens is 212 g/mol. The summed E-state index contributed by atoms with van der Waals surface area (Å²) in [5.74, 6) is -0.229. The first-order chi connectivity index (χ1) is 7.61. The quantitative estimate of drug-likeness (QED) is 0.601. The predicted octanol–water partition coefficient (Wildman–Crippen LogP) is 0.265. The number of hydrogen-bond acceptors (Lipinski definition) is 5. The molecule has 0 aromatic carbocycles. The van der Waals surface area contributed by atoms with Crippen molar-refractivity contribution in [3.05, 3.63) is 12.3 Å². The number of urea groups is 1. The molecule has 0 aromatic rings. The summed E-state index contributed by atoms with van der Waals surface area (Å²) in [6, 6.07) is -0.740. The minimum atomic E-state index is -0.740. The summed E-state index contributed by atoms with van der Waals surface area (Å²) in [6.07, 6.45) is 1.78. The Bertz CT molecular complexity index is 294. The van der Waals surface area contributed by atoms with E-state index in [1.165, 1.54) is 11.1 Å². The van der Waals surface area contributed by atoms with Crippen LogP contribution < -0.4 is 5.73 Å². The van der Waals surface area contributed by atoms with Crippen molar-refractivity contribution in [3.63, 3.8) is 0 Å². The van der Waals surface area contributed by atoms with E-state index in [0.29, 0.717) is 0 Å². The number of amides is 2. The molecule has 1 saturated heterocycles. The summed E-state index contributed by atoms with van der Waals surface area (Å²) in [7, 11) is 0. The Labute approximate surface area is 93.4 Å². The molecule has 3 atom stereocenters. The van der Waals surface area contributed by atoms with Gasteiger partial charge in [-0.1, -0.05) is 18.1 Å². The van der Waals surface area contributed by atoms with Gasteiger partial charge in [0.05, 0.1) is 12.7 Å². The number of aliphatic hydroxyl groups excluding tert-OH is 1. The topological polar surface area (TPSA) is 112 Å². The lowest BCUT2D eigenvalue weighted by molar-refractivity contribution is 0.0104. The molecule has 90 valence electrons. The van der Waals surface area contributed by atoms with Crippen molar-refractivity contribution in [2.24, 2.45) is 16.8 Å². The zero-order chi connectivity index (χ0) is 12.1. The van der Waals surface area contributed by atoms with Gasteiger partial charge in [-0.3, -0.25) is 4.90 Å². The largest absolute Gasteiger partial charge is 0.390 e. The van der Waals surface area contributed by atoms with E-state index in [2.05, 4.69) is 5.11 Å². The van der Waals surface area contributed by atoms with Crippen molar-refractivity contribution in [2.45, 2.75) is 19.3 Å². The molecule has 2 unspecified atom stereocenters. The molecule has 1 rings (SSSR count). The molecule has 0 radical (unpaired) electrons. The van der Waals surface area contributed by atoms with Gasteiger partial charge in [0.1, 0.15) is 6.23 Å². The Morgan fingerprint density at radius 1 is 1.81 bits per heavy atom. The van der Waals surface area contributed by atoms with Gasteiger partial charge in [-0.05, 0) is 0 Å². The number of nitrogens with zero attached hydrogens (tertiary/aromatic N) is 2. The molecule has 4 N–H and O–H groups in total. The lowest BCUT2D eigenvalue weighted by Gasteiger charge is -2.25. The van der Waals surface area contributed by atoms with E-state index < -0.39 is 18.4 Å². The molecule has 7 nitrogen and oxygen atoms in total. The van der Waals surface area contributed by atoms with Crippen LogP contribution in [0.5, 0.6) is 0 Å². The molecular formula is C9H16N4O3. The molecule has 0 aliphatic carbocycles. The number of nitrogens with one attached hydrogen (secondary N) is 1. The van der Waals surface area contributed by atoms with Gasteiger partial charge in [-0.25, -0.2) is 4.79 Å². The first-order valence-electron chi connectivity index (χ1n) is 4.98. The van der Waals surface area contributed by atoms with E-state index in [0.717, 1.165) is 0 Å². The van der Waals surface area contributed by atoms with Crippen LogP contribution in [0.2, 0.25) is 0 Å². The van der Waals surface area contributed by atoms with Gasteiger partial charge in [0.15, 0.2) is 0 Å². The van der Waals surface area contributed by atoms with Gasteiger partial charge in [0.25, 0.3) is 0 Å². The number of carbonyl (C=O) groups excluding carboxylic acids is 1. The fourth-order valence-electron chi connectivity index (χ4n) is 1.51. The molecule has 2 amide bonds. The Morgan fingerprint density at radius 3 is 2.94 bits per heavy atom. The van der Waals surface area contributed by atoms with Gasteiger partial charge in [0, 0.05) is 18.7 Å². The average Bonchev–Trinajstić information content (AvgIpc) is 2.61. The molecule has 16 heavy (non-hydrogen) atoms. The summed E-state index contributed by atoms with van der Waals surface area (Å²) in [5, 5.41) is 12.3. The Morgan fingerprint density at radius 2 is 2.50 bits per heavy atom. The van der Waals surface area contributed by atoms with E-state index >= 15 is 0 Å². The summed E-state index contributed by atoms with van der Waals surface area (Å²) in [4.78, 5) is 12.5. The highest BCUT2D eigenvalue weighted by atomic mass is 16.5. The number of carbonyl (C=O) groups is 1. The van der Waals surface area contributed by atoms with Gasteiger partial charge >= 0.3 is 6.03 Å².